The third-order valence-corrected chi connectivity index (χ3v) is 2.03. The topological polar surface area (TPSA) is 84.7 Å². The fourth-order valence-electron chi connectivity index (χ4n) is 1.04. The van der Waals surface area contributed by atoms with Crippen LogP contribution < -0.4 is 0 Å². The highest BCUT2D eigenvalue weighted by atomic mass is 79.9. The lowest BCUT2D eigenvalue weighted by Crippen LogP contribution is -1.89. The smallest absolute Gasteiger partial charge is 0.258 e. The number of rotatable bonds is 1. The molecule has 1 aromatic heterocycles. The Balaban J connectivity index is 2.84. The second-order valence-corrected chi connectivity index (χ2v) is 3.31. The van der Waals surface area contributed by atoms with Gasteiger partial charge in [0.2, 0.25) is 0 Å². The molecule has 0 aliphatic carbocycles. The van der Waals surface area contributed by atoms with E-state index < -0.39 is 4.92 Å². The summed E-state index contributed by atoms with van der Waals surface area (Å²) < 4.78 is 0.623. The van der Waals surface area contributed by atoms with E-state index in [1.165, 1.54) is 6.07 Å². The van der Waals surface area contributed by atoms with Crippen LogP contribution in [0.2, 0.25) is 0 Å². The number of aromatic amines is 1. The number of H-pyrrole nitrogens is 1. The molecule has 1 N–H and O–H groups in total. The first-order valence-electron chi connectivity index (χ1n) is 3.33. The van der Waals surface area contributed by atoms with E-state index >= 15 is 0 Å². The number of nitrogens with one attached hydrogen (secondary N) is 1. The van der Waals surface area contributed by atoms with Gasteiger partial charge in [-0.15, -0.1) is 5.10 Å². The van der Waals surface area contributed by atoms with Crippen LogP contribution >= 0.6 is 15.9 Å². The van der Waals surface area contributed by atoms with E-state index in [-0.39, 0.29) is 11.2 Å². The first-order chi connectivity index (χ1) is 6.18. The fourth-order valence-corrected chi connectivity index (χ4v) is 1.49. The minimum absolute atomic E-state index is 0.0573. The van der Waals surface area contributed by atoms with Crippen molar-refractivity contribution in [2.24, 2.45) is 0 Å². The molecule has 1 heterocycles. The van der Waals surface area contributed by atoms with Crippen molar-refractivity contribution >= 4 is 32.7 Å². The number of hydrogen-bond acceptors (Lipinski definition) is 4. The maximum atomic E-state index is 10.6. The monoisotopic (exact) mass is 242 g/mol. The van der Waals surface area contributed by atoms with Crippen molar-refractivity contribution in [3.63, 3.8) is 0 Å². The van der Waals surface area contributed by atoms with Gasteiger partial charge in [0.15, 0.2) is 5.52 Å². The minimum Gasteiger partial charge on any atom is -0.258 e. The van der Waals surface area contributed by atoms with Crippen LogP contribution in [0.3, 0.4) is 0 Å². The van der Waals surface area contributed by atoms with Gasteiger partial charge >= 0.3 is 0 Å². The predicted octanol–water partition coefficient (Wildman–Crippen LogP) is 1.63. The lowest BCUT2D eigenvalue weighted by atomic mass is 10.3. The van der Waals surface area contributed by atoms with Gasteiger partial charge in [-0.1, -0.05) is 21.1 Å². The zero-order valence-electron chi connectivity index (χ0n) is 6.19. The van der Waals surface area contributed by atoms with Crippen LogP contribution in [0.1, 0.15) is 0 Å². The zero-order chi connectivity index (χ0) is 9.42. The van der Waals surface area contributed by atoms with Crippen molar-refractivity contribution in [3.8, 4) is 0 Å². The van der Waals surface area contributed by atoms with E-state index in [0.29, 0.717) is 9.99 Å². The maximum absolute atomic E-state index is 10.6. The van der Waals surface area contributed by atoms with Crippen LogP contribution in [0, 0.1) is 10.1 Å². The predicted molar refractivity (Wildman–Crippen MR) is 48.2 cm³/mol. The van der Waals surface area contributed by atoms with E-state index in [2.05, 4.69) is 31.3 Å². The highest BCUT2D eigenvalue weighted by molar-refractivity contribution is 9.10. The Morgan fingerprint density at radius 3 is 3.00 bits per heavy atom. The number of nitrogens with zero attached hydrogens (tertiary/aromatic N) is 3. The van der Waals surface area contributed by atoms with Gasteiger partial charge in [-0.05, 0) is 6.07 Å². The molecule has 0 spiro atoms. The van der Waals surface area contributed by atoms with Gasteiger partial charge in [-0.3, -0.25) is 15.2 Å². The third-order valence-electron chi connectivity index (χ3n) is 1.57. The Bertz CT molecular complexity index is 480. The quantitative estimate of drug-likeness (QED) is 0.609. The molecule has 0 fully saturated rings. The second-order valence-electron chi connectivity index (χ2n) is 2.39. The van der Waals surface area contributed by atoms with Crippen molar-refractivity contribution in [3.05, 3.63) is 26.7 Å². The SMILES string of the molecule is O=[N+]([O-])c1cc(Br)cc2[nH]nnc12. The summed E-state index contributed by atoms with van der Waals surface area (Å²) in [5.41, 5.74) is 0.757. The Morgan fingerprint density at radius 1 is 1.54 bits per heavy atom. The molecule has 2 aromatic rings. The summed E-state index contributed by atoms with van der Waals surface area (Å²) in [6.07, 6.45) is 0. The maximum Gasteiger partial charge on any atom is 0.300 e. The van der Waals surface area contributed by atoms with Crippen molar-refractivity contribution in [1.29, 1.82) is 0 Å². The van der Waals surface area contributed by atoms with Crippen LogP contribution in [0.5, 0.6) is 0 Å². The number of halogens is 1. The first-order valence-corrected chi connectivity index (χ1v) is 4.12. The van der Waals surface area contributed by atoms with E-state index in [1.54, 1.807) is 6.07 Å². The first kappa shape index (κ1) is 8.11. The lowest BCUT2D eigenvalue weighted by Gasteiger charge is -1.92. The number of fused-ring (bicyclic) bond motifs is 1. The number of non-ortho nitro benzene ring substituents is 1. The molecule has 1 aromatic carbocycles. The average molecular weight is 243 g/mol. The van der Waals surface area contributed by atoms with Crippen LogP contribution in [0.4, 0.5) is 5.69 Å². The number of nitro groups is 1. The van der Waals surface area contributed by atoms with Crippen LogP contribution in [-0.2, 0) is 0 Å². The Hall–Kier alpha value is -1.50. The lowest BCUT2D eigenvalue weighted by molar-refractivity contribution is -0.383. The molecule has 0 saturated heterocycles. The van der Waals surface area contributed by atoms with Gasteiger partial charge in [0.1, 0.15) is 0 Å². The number of aromatic nitrogens is 3. The molecule has 6 nitrogen and oxygen atoms in total. The van der Waals surface area contributed by atoms with Crippen LogP contribution in [0.15, 0.2) is 16.6 Å². The van der Waals surface area contributed by atoms with Crippen molar-refractivity contribution in [1.82, 2.24) is 15.4 Å². The van der Waals surface area contributed by atoms with E-state index in [4.69, 9.17) is 0 Å². The highest BCUT2D eigenvalue weighted by Crippen LogP contribution is 2.26. The summed E-state index contributed by atoms with van der Waals surface area (Å²) in [6.45, 7) is 0. The number of nitro benzene ring substituents is 1. The van der Waals surface area contributed by atoms with Gasteiger partial charge in [0, 0.05) is 10.5 Å². The summed E-state index contributed by atoms with van der Waals surface area (Å²) >= 11 is 3.16. The molecule has 66 valence electrons. The molecule has 0 aliphatic heterocycles. The number of hydrogen-bond donors (Lipinski definition) is 1. The fraction of sp³-hybridized carbons (Fsp3) is 0. The standard InChI is InChI=1S/C6H3BrN4O2/c7-3-1-4-6(9-10-8-4)5(2-3)11(12)13/h1-2H,(H,8,9,10). The molecule has 0 saturated carbocycles. The van der Waals surface area contributed by atoms with Crippen LogP contribution in [-0.4, -0.2) is 20.3 Å². The van der Waals surface area contributed by atoms with Crippen molar-refractivity contribution in [2.75, 3.05) is 0 Å². The zero-order valence-corrected chi connectivity index (χ0v) is 7.78. The van der Waals surface area contributed by atoms with Gasteiger partial charge < -0.3 is 0 Å². The molecule has 0 atom stereocenters. The summed E-state index contributed by atoms with van der Waals surface area (Å²) in [7, 11) is 0. The molecule has 0 radical (unpaired) electrons. The molecule has 0 aliphatic rings. The van der Waals surface area contributed by atoms with Crippen molar-refractivity contribution in [2.45, 2.75) is 0 Å². The Kier molecular flexibility index (Phi) is 1.73. The highest BCUT2D eigenvalue weighted by Gasteiger charge is 2.15. The third kappa shape index (κ3) is 1.26. The molecule has 7 heteroatoms. The summed E-state index contributed by atoms with van der Waals surface area (Å²) in [5, 5.41) is 20.2. The number of benzene rings is 1. The largest absolute Gasteiger partial charge is 0.300 e. The Labute approximate surface area is 80.2 Å². The molecular formula is C6H3BrN4O2. The second kappa shape index (κ2) is 2.77. The van der Waals surface area contributed by atoms with E-state index in [9.17, 15) is 10.1 Å². The van der Waals surface area contributed by atoms with Crippen molar-refractivity contribution < 1.29 is 4.92 Å². The molecule has 13 heavy (non-hydrogen) atoms. The molecule has 2 rings (SSSR count). The van der Waals surface area contributed by atoms with E-state index in [1.807, 2.05) is 0 Å². The molecule has 0 unspecified atom stereocenters. The van der Waals surface area contributed by atoms with Crippen LogP contribution in [0.25, 0.3) is 11.0 Å². The summed E-state index contributed by atoms with van der Waals surface area (Å²) in [5.74, 6) is 0. The molecular weight excluding hydrogens is 240 g/mol. The van der Waals surface area contributed by atoms with Gasteiger partial charge in [0.25, 0.3) is 5.69 Å². The van der Waals surface area contributed by atoms with Gasteiger partial charge in [0.05, 0.1) is 10.4 Å². The average Bonchev–Trinajstić information content (AvgIpc) is 2.49. The Morgan fingerprint density at radius 2 is 2.31 bits per heavy atom. The minimum atomic E-state index is -0.490. The molecule has 0 bridgehead atoms. The van der Waals surface area contributed by atoms with E-state index in [0.717, 1.165) is 0 Å². The molecule has 0 amide bonds. The summed E-state index contributed by atoms with van der Waals surface area (Å²) in [4.78, 5) is 10.1. The normalized spacial score (nSPS) is 10.5. The van der Waals surface area contributed by atoms with Gasteiger partial charge in [-0.2, -0.15) is 0 Å². The van der Waals surface area contributed by atoms with Gasteiger partial charge in [-0.25, -0.2) is 0 Å². The summed E-state index contributed by atoms with van der Waals surface area (Å²) in [6, 6.07) is 3.08.